The Kier molecular flexibility index (Phi) is 3.86. The predicted octanol–water partition coefficient (Wildman–Crippen LogP) is 4.40. The average Bonchev–Trinajstić information content (AvgIpc) is 2.82. The highest BCUT2D eigenvalue weighted by Gasteiger charge is 2.19. The minimum atomic E-state index is 0.136. The molecule has 104 valence electrons. The van der Waals surface area contributed by atoms with E-state index in [2.05, 4.69) is 56.3 Å². The van der Waals surface area contributed by atoms with Crippen molar-refractivity contribution < 1.29 is 0 Å². The first-order valence-electron chi connectivity index (χ1n) is 7.23. The number of hydrogen-bond donors (Lipinski definition) is 1. The zero-order chi connectivity index (χ0) is 14.1. The molecule has 0 aromatic heterocycles. The Hall–Kier alpha value is -1.25. The Morgan fingerprint density at radius 2 is 1.80 bits per heavy atom. The summed E-state index contributed by atoms with van der Waals surface area (Å²) in [6.45, 7) is 4.44. The van der Waals surface area contributed by atoms with Gasteiger partial charge in [-0.2, -0.15) is 11.8 Å². The van der Waals surface area contributed by atoms with Crippen LogP contribution in [0.5, 0.6) is 0 Å². The number of nitrogens with two attached hydrogens (primary N) is 1. The summed E-state index contributed by atoms with van der Waals surface area (Å²) in [6, 6.07) is 15.6. The van der Waals surface area contributed by atoms with Gasteiger partial charge < -0.3 is 5.73 Å². The Morgan fingerprint density at radius 1 is 1.05 bits per heavy atom. The molecule has 0 saturated heterocycles. The fourth-order valence-electron chi connectivity index (χ4n) is 2.79. The lowest BCUT2D eigenvalue weighted by molar-refractivity contribution is 0.827. The number of benzene rings is 2. The summed E-state index contributed by atoms with van der Waals surface area (Å²) >= 11 is 1.93. The fourth-order valence-corrected chi connectivity index (χ4v) is 3.57. The lowest BCUT2D eigenvalue weighted by Gasteiger charge is -2.14. The normalized spacial score (nSPS) is 14.2. The van der Waals surface area contributed by atoms with Gasteiger partial charge in [0.25, 0.3) is 0 Å². The zero-order valence-electron chi connectivity index (χ0n) is 12.1. The van der Waals surface area contributed by atoms with Crippen LogP contribution in [0.3, 0.4) is 0 Å². The van der Waals surface area contributed by atoms with E-state index in [1.165, 1.54) is 27.8 Å². The van der Waals surface area contributed by atoms with Crippen molar-refractivity contribution in [2.24, 2.45) is 5.73 Å². The van der Waals surface area contributed by atoms with Crippen LogP contribution in [0.4, 0.5) is 0 Å². The minimum absolute atomic E-state index is 0.136. The van der Waals surface area contributed by atoms with Gasteiger partial charge in [-0.15, -0.1) is 0 Å². The van der Waals surface area contributed by atoms with E-state index in [-0.39, 0.29) is 6.04 Å². The van der Waals surface area contributed by atoms with Crippen LogP contribution in [0, 0.1) is 0 Å². The van der Waals surface area contributed by atoms with E-state index in [4.69, 9.17) is 5.73 Å². The van der Waals surface area contributed by atoms with Crippen molar-refractivity contribution in [2.75, 3.05) is 5.75 Å². The van der Waals surface area contributed by atoms with Crippen LogP contribution in [-0.2, 0) is 6.42 Å². The molecule has 2 aromatic rings. The van der Waals surface area contributed by atoms with Gasteiger partial charge in [-0.25, -0.2) is 0 Å². The van der Waals surface area contributed by atoms with Crippen molar-refractivity contribution in [3.8, 4) is 11.1 Å². The van der Waals surface area contributed by atoms with Crippen LogP contribution in [0.25, 0.3) is 11.1 Å². The first-order chi connectivity index (χ1) is 9.65. The third kappa shape index (κ3) is 2.63. The molecule has 1 unspecified atom stereocenters. The Labute approximate surface area is 125 Å². The van der Waals surface area contributed by atoms with Crippen LogP contribution in [0.2, 0.25) is 0 Å². The van der Waals surface area contributed by atoms with Crippen LogP contribution in [0.1, 0.15) is 36.6 Å². The quantitative estimate of drug-likeness (QED) is 0.768. The highest BCUT2D eigenvalue weighted by Crippen LogP contribution is 2.37. The first-order valence-corrected chi connectivity index (χ1v) is 8.28. The van der Waals surface area contributed by atoms with Crippen LogP contribution in [-0.4, -0.2) is 11.0 Å². The average molecular weight is 283 g/mol. The summed E-state index contributed by atoms with van der Waals surface area (Å²) in [7, 11) is 0. The van der Waals surface area contributed by atoms with E-state index < -0.39 is 0 Å². The Bertz CT molecular complexity index is 619. The second-order valence-electron chi connectivity index (χ2n) is 5.74. The zero-order valence-corrected chi connectivity index (χ0v) is 12.9. The molecule has 0 bridgehead atoms. The van der Waals surface area contributed by atoms with E-state index in [1.54, 1.807) is 0 Å². The maximum absolute atomic E-state index is 6.32. The maximum Gasteiger partial charge on any atom is 0.0387 e. The van der Waals surface area contributed by atoms with Crippen molar-refractivity contribution in [3.63, 3.8) is 0 Å². The molecule has 0 spiro atoms. The molecule has 1 aliphatic rings. The van der Waals surface area contributed by atoms with E-state index in [0.717, 1.165) is 12.2 Å². The van der Waals surface area contributed by atoms with Gasteiger partial charge >= 0.3 is 0 Å². The summed E-state index contributed by atoms with van der Waals surface area (Å²) in [5, 5.41) is 0.639. The van der Waals surface area contributed by atoms with E-state index in [1.807, 2.05) is 11.8 Å². The third-order valence-electron chi connectivity index (χ3n) is 3.86. The number of thioether (sulfide) groups is 1. The van der Waals surface area contributed by atoms with E-state index in [9.17, 15) is 0 Å². The van der Waals surface area contributed by atoms with Gasteiger partial charge in [-0.05, 0) is 39.5 Å². The van der Waals surface area contributed by atoms with Gasteiger partial charge in [0.2, 0.25) is 0 Å². The molecule has 0 amide bonds. The number of fused-ring (bicyclic) bond motifs is 3. The van der Waals surface area contributed by atoms with Gasteiger partial charge in [-0.1, -0.05) is 56.3 Å². The van der Waals surface area contributed by atoms with Crippen LogP contribution in [0.15, 0.2) is 42.5 Å². The van der Waals surface area contributed by atoms with Crippen molar-refractivity contribution in [1.82, 2.24) is 0 Å². The first kappa shape index (κ1) is 13.7. The van der Waals surface area contributed by atoms with Gasteiger partial charge in [-0.3, -0.25) is 0 Å². The van der Waals surface area contributed by atoms with Gasteiger partial charge in [0.05, 0.1) is 0 Å². The largest absolute Gasteiger partial charge is 0.323 e. The molecule has 3 rings (SSSR count). The smallest absolute Gasteiger partial charge is 0.0387 e. The van der Waals surface area contributed by atoms with Gasteiger partial charge in [0.15, 0.2) is 0 Å². The summed E-state index contributed by atoms with van der Waals surface area (Å²) < 4.78 is 0. The van der Waals surface area contributed by atoms with Crippen LogP contribution < -0.4 is 5.73 Å². The molecule has 2 aromatic carbocycles. The second-order valence-corrected chi connectivity index (χ2v) is 7.35. The maximum atomic E-state index is 6.32. The van der Waals surface area contributed by atoms with Crippen molar-refractivity contribution in [1.29, 1.82) is 0 Å². The molecule has 2 heteroatoms. The SMILES string of the molecule is CC(C)SCC(N)c1ccc2c(c1)Cc1ccccc1-2. The third-order valence-corrected chi connectivity index (χ3v) is 5.07. The molecular weight excluding hydrogens is 262 g/mol. The molecule has 0 heterocycles. The molecule has 0 fully saturated rings. The summed E-state index contributed by atoms with van der Waals surface area (Å²) in [4.78, 5) is 0. The fraction of sp³-hybridized carbons (Fsp3) is 0.333. The molecule has 20 heavy (non-hydrogen) atoms. The summed E-state index contributed by atoms with van der Waals surface area (Å²) in [5.74, 6) is 0.989. The van der Waals surface area contributed by atoms with Crippen LogP contribution >= 0.6 is 11.8 Å². The monoisotopic (exact) mass is 283 g/mol. The topological polar surface area (TPSA) is 26.0 Å². The highest BCUT2D eigenvalue weighted by molar-refractivity contribution is 7.99. The molecule has 0 saturated carbocycles. The van der Waals surface area contributed by atoms with E-state index in [0.29, 0.717) is 5.25 Å². The standard InChI is InChI=1S/C18H21NS/c1-12(2)20-11-18(19)14-7-8-17-15(10-14)9-13-5-3-4-6-16(13)17/h3-8,10,12,18H,9,11,19H2,1-2H3. The van der Waals surface area contributed by atoms with Gasteiger partial charge in [0, 0.05) is 11.8 Å². The molecule has 1 aliphatic carbocycles. The summed E-state index contributed by atoms with van der Waals surface area (Å²) in [5.41, 5.74) is 13.2. The Morgan fingerprint density at radius 3 is 2.60 bits per heavy atom. The molecular formula is C18H21NS. The lowest BCUT2D eigenvalue weighted by Crippen LogP contribution is -2.14. The Balaban J connectivity index is 1.83. The molecule has 0 aliphatic heterocycles. The van der Waals surface area contributed by atoms with Crippen molar-refractivity contribution in [2.45, 2.75) is 31.6 Å². The molecule has 2 N–H and O–H groups in total. The predicted molar refractivity (Wildman–Crippen MR) is 89.2 cm³/mol. The lowest BCUT2D eigenvalue weighted by atomic mass is 10.0. The van der Waals surface area contributed by atoms with Crippen molar-refractivity contribution >= 4 is 11.8 Å². The number of rotatable bonds is 4. The second kappa shape index (κ2) is 5.63. The van der Waals surface area contributed by atoms with Gasteiger partial charge in [0.1, 0.15) is 0 Å². The highest BCUT2D eigenvalue weighted by atomic mass is 32.2. The number of hydrogen-bond acceptors (Lipinski definition) is 2. The minimum Gasteiger partial charge on any atom is -0.323 e. The molecule has 0 radical (unpaired) electrons. The molecule has 1 nitrogen and oxygen atoms in total. The molecule has 1 atom stereocenters. The summed E-state index contributed by atoms with van der Waals surface area (Å²) in [6.07, 6.45) is 1.05. The van der Waals surface area contributed by atoms with Crippen molar-refractivity contribution in [3.05, 3.63) is 59.2 Å². The van der Waals surface area contributed by atoms with E-state index >= 15 is 0 Å².